The molecule has 0 fully saturated rings. The first-order chi connectivity index (χ1) is 9.68. The van der Waals surface area contributed by atoms with Gasteiger partial charge in [-0.25, -0.2) is 0 Å². The fourth-order valence-electron chi connectivity index (χ4n) is 1.59. The number of esters is 2. The lowest BCUT2D eigenvalue weighted by Crippen LogP contribution is -2.45. The van der Waals surface area contributed by atoms with E-state index in [1.54, 1.807) is 0 Å². The Morgan fingerprint density at radius 3 is 1.77 bits per heavy atom. The van der Waals surface area contributed by atoms with Crippen molar-refractivity contribution in [3.8, 4) is 0 Å². The molecule has 0 bridgehead atoms. The van der Waals surface area contributed by atoms with Crippen LogP contribution < -0.4 is 0 Å². The van der Waals surface area contributed by atoms with Crippen LogP contribution in [0.1, 0.15) is 54.4 Å². The minimum atomic E-state index is -2.09. The highest BCUT2D eigenvalue weighted by atomic mass is 28.4. The van der Waals surface area contributed by atoms with Gasteiger partial charge in [0.05, 0.1) is 26.1 Å². The van der Waals surface area contributed by atoms with E-state index in [2.05, 4.69) is 33.9 Å². The van der Waals surface area contributed by atoms with Crippen molar-refractivity contribution in [1.29, 1.82) is 0 Å². The maximum Gasteiger partial charge on any atom is 0.308 e. The van der Waals surface area contributed by atoms with Gasteiger partial charge in [-0.15, -0.1) is 0 Å². The molecule has 0 saturated heterocycles. The monoisotopic (exact) mass is 332 g/mol. The van der Waals surface area contributed by atoms with Gasteiger partial charge in [0.25, 0.3) is 0 Å². The second-order valence-corrected chi connectivity index (χ2v) is 12.8. The van der Waals surface area contributed by atoms with Gasteiger partial charge in [0.2, 0.25) is 0 Å². The van der Waals surface area contributed by atoms with Crippen LogP contribution in [0.15, 0.2) is 0 Å². The first kappa shape index (κ1) is 21.1. The molecule has 0 spiro atoms. The van der Waals surface area contributed by atoms with E-state index in [0.717, 1.165) is 0 Å². The Bertz CT molecular complexity index is 390. The predicted molar refractivity (Wildman–Crippen MR) is 89.2 cm³/mol. The van der Waals surface area contributed by atoms with Gasteiger partial charge >= 0.3 is 11.9 Å². The van der Waals surface area contributed by atoms with Crippen LogP contribution in [0.25, 0.3) is 0 Å². The molecule has 0 aromatic rings. The number of carbonyl (C=O) groups excluding carboxylic acids is 2. The SMILES string of the molecule is COC(=O)C[C@@H](CC(=O)OC(C)(C)C)O[Si](C)(C)C(C)(C)C. The third-order valence-electron chi connectivity index (χ3n) is 3.70. The average molecular weight is 333 g/mol. The van der Waals surface area contributed by atoms with Gasteiger partial charge < -0.3 is 13.9 Å². The number of rotatable bonds is 6. The fraction of sp³-hybridized carbons (Fsp3) is 0.875. The van der Waals surface area contributed by atoms with Gasteiger partial charge in [-0.3, -0.25) is 9.59 Å². The summed E-state index contributed by atoms with van der Waals surface area (Å²) in [6, 6.07) is 0. The maximum absolute atomic E-state index is 12.0. The molecular weight excluding hydrogens is 300 g/mol. The van der Waals surface area contributed by atoms with Crippen molar-refractivity contribution in [3.63, 3.8) is 0 Å². The minimum Gasteiger partial charge on any atom is -0.469 e. The third kappa shape index (κ3) is 7.94. The standard InChI is InChI=1S/C16H32O5Si/c1-15(2,3)20-14(18)11-12(10-13(17)19-7)21-22(8,9)16(4,5)6/h12H,10-11H2,1-9H3/t12-/m0/s1. The number of hydrogen-bond acceptors (Lipinski definition) is 5. The average Bonchev–Trinajstić information content (AvgIpc) is 2.23. The van der Waals surface area contributed by atoms with E-state index in [9.17, 15) is 9.59 Å². The lowest BCUT2D eigenvalue weighted by molar-refractivity contribution is -0.157. The first-order valence-electron chi connectivity index (χ1n) is 7.64. The van der Waals surface area contributed by atoms with Gasteiger partial charge in [0.1, 0.15) is 5.60 Å². The molecule has 0 rings (SSSR count). The van der Waals surface area contributed by atoms with Crippen LogP contribution in [0.5, 0.6) is 0 Å². The molecule has 0 heterocycles. The van der Waals surface area contributed by atoms with E-state index in [1.807, 2.05) is 20.8 Å². The van der Waals surface area contributed by atoms with Crippen LogP contribution in [0.4, 0.5) is 0 Å². The van der Waals surface area contributed by atoms with Gasteiger partial charge in [-0.05, 0) is 38.9 Å². The summed E-state index contributed by atoms with van der Waals surface area (Å²) in [6.45, 7) is 16.0. The van der Waals surface area contributed by atoms with E-state index in [-0.39, 0.29) is 29.8 Å². The Morgan fingerprint density at radius 1 is 0.955 bits per heavy atom. The van der Waals surface area contributed by atoms with Gasteiger partial charge in [-0.2, -0.15) is 0 Å². The van der Waals surface area contributed by atoms with Crippen LogP contribution in [0.2, 0.25) is 18.1 Å². The van der Waals surface area contributed by atoms with Gasteiger partial charge in [-0.1, -0.05) is 20.8 Å². The van der Waals surface area contributed by atoms with Crippen LogP contribution in [0.3, 0.4) is 0 Å². The van der Waals surface area contributed by atoms with Gasteiger partial charge in [0, 0.05) is 0 Å². The van der Waals surface area contributed by atoms with E-state index >= 15 is 0 Å². The van der Waals surface area contributed by atoms with Crippen molar-refractivity contribution in [2.24, 2.45) is 0 Å². The van der Waals surface area contributed by atoms with Crippen LogP contribution >= 0.6 is 0 Å². The summed E-state index contributed by atoms with van der Waals surface area (Å²) in [5.74, 6) is -0.743. The maximum atomic E-state index is 12.0. The Kier molecular flexibility index (Phi) is 7.29. The zero-order valence-electron chi connectivity index (χ0n) is 15.5. The smallest absolute Gasteiger partial charge is 0.308 e. The minimum absolute atomic E-state index is 0.00466. The van der Waals surface area contributed by atoms with E-state index in [4.69, 9.17) is 13.9 Å². The summed E-state index contributed by atoms with van der Waals surface area (Å²) < 4.78 is 16.2. The molecule has 0 aromatic carbocycles. The Labute approximate surface area is 135 Å². The lowest BCUT2D eigenvalue weighted by Gasteiger charge is -2.39. The Hall–Kier alpha value is -0.883. The summed E-state index contributed by atoms with van der Waals surface area (Å²) >= 11 is 0. The molecule has 0 amide bonds. The Balaban J connectivity index is 4.99. The summed E-state index contributed by atoms with van der Waals surface area (Å²) in [4.78, 5) is 23.6. The third-order valence-corrected chi connectivity index (χ3v) is 8.24. The summed E-state index contributed by atoms with van der Waals surface area (Å²) in [7, 11) is -0.756. The van der Waals surface area contributed by atoms with E-state index in [1.165, 1.54) is 7.11 Å². The molecule has 0 saturated carbocycles. The van der Waals surface area contributed by atoms with Crippen molar-refractivity contribution in [1.82, 2.24) is 0 Å². The molecule has 130 valence electrons. The van der Waals surface area contributed by atoms with Crippen LogP contribution in [-0.2, 0) is 23.5 Å². The molecule has 0 aliphatic rings. The molecule has 0 aliphatic carbocycles. The fourth-order valence-corrected chi connectivity index (χ4v) is 2.94. The Morgan fingerprint density at radius 2 is 1.41 bits per heavy atom. The number of methoxy groups -OCH3 is 1. The van der Waals surface area contributed by atoms with Crippen molar-refractivity contribution >= 4 is 20.3 Å². The molecule has 22 heavy (non-hydrogen) atoms. The van der Waals surface area contributed by atoms with Crippen molar-refractivity contribution in [2.45, 2.75) is 84.2 Å². The normalized spacial score (nSPS) is 14.4. The highest BCUT2D eigenvalue weighted by molar-refractivity contribution is 6.74. The summed E-state index contributed by atoms with van der Waals surface area (Å²) in [5.41, 5.74) is -0.552. The number of hydrogen-bond donors (Lipinski definition) is 0. The van der Waals surface area contributed by atoms with E-state index < -0.39 is 20.0 Å². The summed E-state index contributed by atoms with van der Waals surface area (Å²) in [5, 5.41) is -0.00466. The molecule has 5 nitrogen and oxygen atoms in total. The molecule has 0 radical (unpaired) electrons. The quantitative estimate of drug-likeness (QED) is 0.548. The molecule has 1 atom stereocenters. The van der Waals surface area contributed by atoms with Crippen molar-refractivity contribution in [2.75, 3.05) is 7.11 Å². The van der Waals surface area contributed by atoms with Crippen LogP contribution in [-0.4, -0.2) is 39.1 Å². The number of carbonyl (C=O) groups is 2. The highest BCUT2D eigenvalue weighted by Gasteiger charge is 2.40. The lowest BCUT2D eigenvalue weighted by atomic mass is 10.1. The van der Waals surface area contributed by atoms with Crippen molar-refractivity contribution in [3.05, 3.63) is 0 Å². The molecule has 0 aliphatic heterocycles. The molecule has 6 heteroatoms. The van der Waals surface area contributed by atoms with Gasteiger partial charge in [0.15, 0.2) is 8.32 Å². The predicted octanol–water partition coefficient (Wildman–Crippen LogP) is 3.67. The second-order valence-electron chi connectivity index (χ2n) is 8.07. The molecular formula is C16H32O5Si. The summed E-state index contributed by atoms with van der Waals surface area (Å²) in [6.07, 6.45) is -0.399. The first-order valence-corrected chi connectivity index (χ1v) is 10.6. The van der Waals surface area contributed by atoms with E-state index in [0.29, 0.717) is 0 Å². The molecule has 0 unspecified atom stereocenters. The van der Waals surface area contributed by atoms with Crippen LogP contribution in [0, 0.1) is 0 Å². The van der Waals surface area contributed by atoms with Crippen molar-refractivity contribution < 1.29 is 23.5 Å². The zero-order chi connectivity index (χ0) is 17.8. The highest BCUT2D eigenvalue weighted by Crippen LogP contribution is 2.38. The molecule has 0 aromatic heterocycles. The number of ether oxygens (including phenoxy) is 2. The topological polar surface area (TPSA) is 61.8 Å². The molecule has 0 N–H and O–H groups in total. The zero-order valence-corrected chi connectivity index (χ0v) is 16.5. The second kappa shape index (κ2) is 7.59. The largest absolute Gasteiger partial charge is 0.469 e.